The molecule has 2 aromatic rings. The van der Waals surface area contributed by atoms with Gasteiger partial charge in [-0.05, 0) is 80.8 Å². The molecular weight excluding hydrogens is 508 g/mol. The minimum absolute atomic E-state index is 0.229. The Hall–Kier alpha value is -2.62. The third-order valence-electron chi connectivity index (χ3n) is 8.72. The minimum Gasteiger partial charge on any atom is -0.203 e. The Bertz CT molecular complexity index is 1240. The number of allylic oxidation sites excluding steroid dienone is 6. The van der Waals surface area contributed by atoms with Crippen LogP contribution in [0, 0.1) is 35.1 Å². The highest BCUT2D eigenvalue weighted by molar-refractivity contribution is 5.72. The summed E-state index contributed by atoms with van der Waals surface area (Å²) in [6.45, 7) is 4.39. The zero-order valence-corrected chi connectivity index (χ0v) is 24.2. The zero-order valence-electron chi connectivity index (χ0n) is 24.2. The molecule has 4 heteroatoms. The van der Waals surface area contributed by atoms with Crippen LogP contribution in [0.1, 0.15) is 108 Å². The van der Waals surface area contributed by atoms with Gasteiger partial charge in [0.05, 0.1) is 0 Å². The molecule has 0 radical (unpaired) electrons. The lowest BCUT2D eigenvalue weighted by Crippen LogP contribution is -2.07. The lowest BCUT2D eigenvalue weighted by Gasteiger charge is -2.22. The van der Waals surface area contributed by atoms with E-state index in [0.29, 0.717) is 31.1 Å². The fourth-order valence-electron chi connectivity index (χ4n) is 6.23. The van der Waals surface area contributed by atoms with Gasteiger partial charge in [0.25, 0.3) is 0 Å². The Labute approximate surface area is 238 Å². The number of unbranched alkanes of at least 4 members (excludes halogenated alkanes) is 2. The maximum atomic E-state index is 15.2. The van der Waals surface area contributed by atoms with E-state index in [2.05, 4.69) is 32.1 Å². The Morgan fingerprint density at radius 3 is 2.12 bits per heavy atom. The van der Waals surface area contributed by atoms with Crippen molar-refractivity contribution < 1.29 is 17.6 Å². The lowest BCUT2D eigenvalue weighted by atomic mass is 9.83. The quantitative estimate of drug-likeness (QED) is 0.140. The van der Waals surface area contributed by atoms with E-state index >= 15 is 13.2 Å². The van der Waals surface area contributed by atoms with E-state index in [1.165, 1.54) is 62.8 Å². The second-order valence-corrected chi connectivity index (χ2v) is 11.7. The van der Waals surface area contributed by atoms with E-state index in [0.717, 1.165) is 37.7 Å². The molecule has 2 aliphatic rings. The fraction of sp³-hybridized carbons (Fsp3) is 0.500. The van der Waals surface area contributed by atoms with Crippen molar-refractivity contribution in [2.75, 3.05) is 0 Å². The first-order valence-corrected chi connectivity index (χ1v) is 15.4. The standard InChI is InChI=1S/C36H44F4/c1-3-5-6-10-27-17-19-28(20-18-27)30-23-24-32(36(40)34(30)38)31-22-21-29(33(37)35(31)39)12-8-7-11-26-15-13-25(9-4-2)14-16-26/h7,11,13,19,21-24,26-27H,3-6,8-10,12,14-18,20H2,1-2H3. The molecule has 216 valence electrons. The van der Waals surface area contributed by atoms with Crippen LogP contribution >= 0.6 is 0 Å². The SMILES string of the molecule is CCCCCC1CC=C(c2ccc(-c3ccc(CCC=CC4CC=C(CCC)CC4)c(F)c3F)c(F)c2F)CC1. The van der Waals surface area contributed by atoms with Crippen molar-refractivity contribution in [1.82, 2.24) is 0 Å². The second-order valence-electron chi connectivity index (χ2n) is 11.7. The topological polar surface area (TPSA) is 0 Å². The third-order valence-corrected chi connectivity index (χ3v) is 8.72. The second kappa shape index (κ2) is 14.8. The van der Waals surface area contributed by atoms with E-state index in [1.807, 2.05) is 6.08 Å². The summed E-state index contributed by atoms with van der Waals surface area (Å²) >= 11 is 0. The maximum absolute atomic E-state index is 15.2. The molecule has 2 aromatic carbocycles. The van der Waals surface area contributed by atoms with Gasteiger partial charge in [0.15, 0.2) is 23.3 Å². The molecule has 0 nitrogen and oxygen atoms in total. The minimum atomic E-state index is -1.12. The molecule has 0 aliphatic heterocycles. The summed E-state index contributed by atoms with van der Waals surface area (Å²) in [4.78, 5) is 0. The van der Waals surface area contributed by atoms with Gasteiger partial charge in [0, 0.05) is 16.7 Å². The Kier molecular flexibility index (Phi) is 11.3. The highest BCUT2D eigenvalue weighted by Crippen LogP contribution is 2.37. The van der Waals surface area contributed by atoms with Crippen molar-refractivity contribution in [2.24, 2.45) is 11.8 Å². The van der Waals surface area contributed by atoms with Crippen molar-refractivity contribution in [3.63, 3.8) is 0 Å². The summed E-state index contributed by atoms with van der Waals surface area (Å²) in [6.07, 6.45) is 22.6. The molecule has 0 fully saturated rings. The van der Waals surface area contributed by atoms with E-state index in [9.17, 15) is 4.39 Å². The Morgan fingerprint density at radius 2 is 1.45 bits per heavy atom. The summed E-state index contributed by atoms with van der Waals surface area (Å²) in [5.41, 5.74) is 2.34. The van der Waals surface area contributed by atoms with Crippen molar-refractivity contribution in [1.29, 1.82) is 0 Å². The Balaban J connectivity index is 1.40. The van der Waals surface area contributed by atoms with Crippen LogP contribution in [0.15, 0.2) is 54.1 Å². The smallest absolute Gasteiger partial charge is 0.167 e. The number of hydrogen-bond acceptors (Lipinski definition) is 0. The highest BCUT2D eigenvalue weighted by Gasteiger charge is 2.23. The van der Waals surface area contributed by atoms with Gasteiger partial charge in [-0.15, -0.1) is 0 Å². The molecule has 2 atom stereocenters. The number of rotatable bonds is 12. The first-order valence-electron chi connectivity index (χ1n) is 15.4. The Morgan fingerprint density at radius 1 is 0.725 bits per heavy atom. The van der Waals surface area contributed by atoms with Crippen LogP contribution in [0.3, 0.4) is 0 Å². The average Bonchev–Trinajstić information content (AvgIpc) is 2.97. The summed E-state index contributed by atoms with van der Waals surface area (Å²) in [7, 11) is 0. The van der Waals surface area contributed by atoms with Crippen LogP contribution < -0.4 is 0 Å². The molecule has 40 heavy (non-hydrogen) atoms. The van der Waals surface area contributed by atoms with Crippen molar-refractivity contribution >= 4 is 5.57 Å². The van der Waals surface area contributed by atoms with Crippen LogP contribution in [0.2, 0.25) is 0 Å². The maximum Gasteiger partial charge on any atom is 0.167 e. The van der Waals surface area contributed by atoms with E-state index in [4.69, 9.17) is 0 Å². The van der Waals surface area contributed by atoms with Crippen molar-refractivity contribution in [3.05, 3.63) is 88.5 Å². The van der Waals surface area contributed by atoms with Gasteiger partial charge in [-0.2, -0.15) is 0 Å². The number of aryl methyl sites for hydroxylation is 1. The van der Waals surface area contributed by atoms with E-state index < -0.39 is 23.3 Å². The molecule has 0 N–H and O–H groups in total. The molecule has 0 amide bonds. The summed E-state index contributed by atoms with van der Waals surface area (Å²) in [6, 6.07) is 5.76. The molecule has 0 saturated heterocycles. The van der Waals surface area contributed by atoms with Gasteiger partial charge in [0.2, 0.25) is 0 Å². The average molecular weight is 553 g/mol. The highest BCUT2D eigenvalue weighted by atomic mass is 19.2. The van der Waals surface area contributed by atoms with Gasteiger partial charge in [0.1, 0.15) is 0 Å². The normalized spacial score (nSPS) is 19.6. The number of benzene rings is 2. The molecule has 2 aliphatic carbocycles. The van der Waals surface area contributed by atoms with Crippen molar-refractivity contribution in [2.45, 2.75) is 104 Å². The summed E-state index contributed by atoms with van der Waals surface area (Å²) in [5.74, 6) is -3.12. The molecule has 0 heterocycles. The molecule has 4 rings (SSSR count). The monoisotopic (exact) mass is 552 g/mol. The largest absolute Gasteiger partial charge is 0.203 e. The first-order chi connectivity index (χ1) is 19.4. The van der Waals surface area contributed by atoms with Crippen molar-refractivity contribution in [3.8, 4) is 11.1 Å². The molecule has 0 aromatic heterocycles. The predicted molar refractivity (Wildman–Crippen MR) is 159 cm³/mol. The van der Waals surface area contributed by atoms with E-state index in [-0.39, 0.29) is 22.3 Å². The first kappa shape index (κ1) is 30.3. The summed E-state index contributed by atoms with van der Waals surface area (Å²) < 4.78 is 60.4. The lowest BCUT2D eigenvalue weighted by molar-refractivity contribution is 0.427. The molecular formula is C36H44F4. The number of halogens is 4. The van der Waals surface area contributed by atoms with Gasteiger partial charge in [-0.25, -0.2) is 17.6 Å². The van der Waals surface area contributed by atoms with Gasteiger partial charge in [-0.3, -0.25) is 0 Å². The predicted octanol–water partition coefficient (Wildman–Crippen LogP) is 11.7. The van der Waals surface area contributed by atoms with Crippen LogP contribution in [-0.2, 0) is 6.42 Å². The molecule has 2 unspecified atom stereocenters. The van der Waals surface area contributed by atoms with Crippen LogP contribution in [0.5, 0.6) is 0 Å². The zero-order chi connectivity index (χ0) is 28.5. The molecule has 0 bridgehead atoms. The van der Waals surface area contributed by atoms with Crippen LogP contribution in [0.4, 0.5) is 17.6 Å². The molecule has 0 saturated carbocycles. The van der Waals surface area contributed by atoms with Crippen LogP contribution in [-0.4, -0.2) is 0 Å². The molecule has 0 spiro atoms. The van der Waals surface area contributed by atoms with Gasteiger partial charge < -0.3 is 0 Å². The van der Waals surface area contributed by atoms with Gasteiger partial charge >= 0.3 is 0 Å². The van der Waals surface area contributed by atoms with Gasteiger partial charge in [-0.1, -0.05) is 100 Å². The van der Waals surface area contributed by atoms with E-state index in [1.54, 1.807) is 5.57 Å². The fourth-order valence-corrected chi connectivity index (χ4v) is 6.23. The summed E-state index contributed by atoms with van der Waals surface area (Å²) in [5, 5.41) is 0. The number of hydrogen-bond donors (Lipinski definition) is 0. The van der Waals surface area contributed by atoms with Crippen LogP contribution in [0.25, 0.3) is 16.7 Å². The third kappa shape index (κ3) is 7.56.